The van der Waals surface area contributed by atoms with Crippen LogP contribution in [-0.2, 0) is 6.42 Å². The Bertz CT molecular complexity index is 625. The fourth-order valence-corrected chi connectivity index (χ4v) is 3.99. The molecule has 1 aliphatic rings. The molecule has 104 valence electrons. The Hall–Kier alpha value is -1.28. The highest BCUT2D eigenvalue weighted by Crippen LogP contribution is 2.48. The Balaban J connectivity index is 1.91. The van der Waals surface area contributed by atoms with Gasteiger partial charge in [0.2, 0.25) is 0 Å². The summed E-state index contributed by atoms with van der Waals surface area (Å²) < 4.78 is 5.45. The van der Waals surface area contributed by atoms with Gasteiger partial charge in [-0.1, -0.05) is 52.3 Å². The number of benzene rings is 2. The molecular weight excluding hydrogens is 312 g/mol. The summed E-state index contributed by atoms with van der Waals surface area (Å²) in [6.07, 6.45) is 1.16. The van der Waals surface area contributed by atoms with Crippen LogP contribution in [0.15, 0.2) is 36.4 Å². The number of hydrogen-bond acceptors (Lipinski definition) is 1. The van der Waals surface area contributed by atoms with Crippen LogP contribution in [0.4, 0.5) is 0 Å². The predicted molar refractivity (Wildman–Crippen MR) is 87.0 cm³/mol. The third kappa shape index (κ3) is 2.16. The highest BCUT2D eigenvalue weighted by Gasteiger charge is 2.32. The molecule has 2 aromatic carbocycles. The van der Waals surface area contributed by atoms with Crippen molar-refractivity contribution in [3.05, 3.63) is 64.2 Å². The molecule has 0 aromatic heterocycles. The molecular formula is C18H19BrO. The van der Waals surface area contributed by atoms with Gasteiger partial charge in [-0.2, -0.15) is 0 Å². The van der Waals surface area contributed by atoms with Gasteiger partial charge in [0.05, 0.1) is 7.11 Å². The maximum Gasteiger partial charge on any atom is 0.124 e. The van der Waals surface area contributed by atoms with Crippen molar-refractivity contribution < 1.29 is 4.74 Å². The Morgan fingerprint density at radius 3 is 2.40 bits per heavy atom. The first-order valence-corrected chi connectivity index (χ1v) is 7.90. The summed E-state index contributed by atoms with van der Waals surface area (Å²) in [7, 11) is 1.74. The van der Waals surface area contributed by atoms with Crippen LogP contribution in [-0.4, -0.2) is 7.11 Å². The normalized spacial score (nSPS) is 18.1. The monoisotopic (exact) mass is 330 g/mol. The Morgan fingerprint density at radius 2 is 1.80 bits per heavy atom. The molecule has 2 unspecified atom stereocenters. The molecule has 0 amide bonds. The van der Waals surface area contributed by atoms with Crippen molar-refractivity contribution >= 4 is 15.9 Å². The molecule has 2 aromatic rings. The van der Waals surface area contributed by atoms with E-state index >= 15 is 0 Å². The van der Waals surface area contributed by atoms with Crippen LogP contribution in [0.2, 0.25) is 0 Å². The van der Waals surface area contributed by atoms with E-state index in [1.54, 1.807) is 7.11 Å². The molecule has 2 heteroatoms. The first-order valence-electron chi connectivity index (χ1n) is 6.99. The summed E-state index contributed by atoms with van der Waals surface area (Å²) in [6.45, 7) is 4.23. The summed E-state index contributed by atoms with van der Waals surface area (Å²) in [6, 6.07) is 13.2. The van der Waals surface area contributed by atoms with Gasteiger partial charge in [-0.15, -0.1) is 0 Å². The lowest BCUT2D eigenvalue weighted by Crippen LogP contribution is -2.20. The molecule has 0 radical (unpaired) electrons. The van der Waals surface area contributed by atoms with Crippen LogP contribution in [0.3, 0.4) is 0 Å². The number of methoxy groups -OCH3 is 1. The summed E-state index contributed by atoms with van der Waals surface area (Å²) in [4.78, 5) is 0.376. The number of halogens is 1. The second kappa shape index (κ2) is 5.25. The summed E-state index contributed by atoms with van der Waals surface area (Å²) in [5.74, 6) is 1.58. The second-order valence-corrected chi connectivity index (χ2v) is 6.59. The minimum atomic E-state index is 0.376. The predicted octanol–water partition coefficient (Wildman–Crippen LogP) is 5.09. The molecule has 0 saturated heterocycles. The SMILES string of the molecule is COc1c(C)cc(C(Br)C2Cc3ccccc32)cc1C. The zero-order valence-corrected chi connectivity index (χ0v) is 13.7. The van der Waals surface area contributed by atoms with Gasteiger partial charge in [-0.05, 0) is 48.1 Å². The van der Waals surface area contributed by atoms with Crippen LogP contribution >= 0.6 is 15.9 Å². The topological polar surface area (TPSA) is 9.23 Å². The van der Waals surface area contributed by atoms with Gasteiger partial charge in [0.1, 0.15) is 5.75 Å². The Labute approximate surface area is 129 Å². The van der Waals surface area contributed by atoms with Crippen LogP contribution in [0.1, 0.15) is 38.6 Å². The number of alkyl halides is 1. The van der Waals surface area contributed by atoms with Crippen molar-refractivity contribution in [3.8, 4) is 5.75 Å². The zero-order chi connectivity index (χ0) is 14.3. The molecule has 1 aliphatic carbocycles. The maximum absolute atomic E-state index is 5.45. The lowest BCUT2D eigenvalue weighted by molar-refractivity contribution is 0.408. The zero-order valence-electron chi connectivity index (χ0n) is 12.1. The Kier molecular flexibility index (Phi) is 3.59. The summed E-state index contributed by atoms with van der Waals surface area (Å²) in [5, 5.41) is 0. The summed E-state index contributed by atoms with van der Waals surface area (Å²) in [5.41, 5.74) is 6.74. The van der Waals surface area contributed by atoms with Gasteiger partial charge in [0.25, 0.3) is 0 Å². The average molecular weight is 331 g/mol. The van der Waals surface area contributed by atoms with E-state index in [-0.39, 0.29) is 0 Å². The van der Waals surface area contributed by atoms with E-state index in [2.05, 4.69) is 66.2 Å². The first-order chi connectivity index (χ1) is 9.61. The van der Waals surface area contributed by atoms with Gasteiger partial charge < -0.3 is 4.74 Å². The molecule has 0 N–H and O–H groups in total. The van der Waals surface area contributed by atoms with Gasteiger partial charge in [-0.25, -0.2) is 0 Å². The van der Waals surface area contributed by atoms with Gasteiger partial charge in [-0.3, -0.25) is 0 Å². The van der Waals surface area contributed by atoms with Gasteiger partial charge >= 0.3 is 0 Å². The molecule has 2 atom stereocenters. The minimum Gasteiger partial charge on any atom is -0.496 e. The molecule has 3 rings (SSSR count). The summed E-state index contributed by atoms with van der Waals surface area (Å²) >= 11 is 3.91. The highest BCUT2D eigenvalue weighted by atomic mass is 79.9. The number of fused-ring (bicyclic) bond motifs is 1. The second-order valence-electron chi connectivity index (χ2n) is 5.60. The standard InChI is InChI=1S/C18H19BrO/c1-11-8-14(9-12(2)18(11)20-3)17(19)16-10-13-6-4-5-7-15(13)16/h4-9,16-17H,10H2,1-3H3. The highest BCUT2D eigenvalue weighted by molar-refractivity contribution is 9.09. The molecule has 0 spiro atoms. The van der Waals surface area contributed by atoms with Crippen molar-refractivity contribution in [2.45, 2.75) is 31.0 Å². The molecule has 20 heavy (non-hydrogen) atoms. The van der Waals surface area contributed by atoms with Crippen molar-refractivity contribution in [3.63, 3.8) is 0 Å². The van der Waals surface area contributed by atoms with Crippen LogP contribution in [0.25, 0.3) is 0 Å². The van der Waals surface area contributed by atoms with Crippen LogP contribution in [0, 0.1) is 13.8 Å². The van der Waals surface area contributed by atoms with E-state index in [0.29, 0.717) is 10.7 Å². The number of aryl methyl sites for hydroxylation is 2. The lowest BCUT2D eigenvalue weighted by atomic mass is 9.74. The molecule has 0 aliphatic heterocycles. The quantitative estimate of drug-likeness (QED) is 0.712. The largest absolute Gasteiger partial charge is 0.496 e. The molecule has 0 heterocycles. The van der Waals surface area contributed by atoms with E-state index in [0.717, 1.165) is 12.2 Å². The van der Waals surface area contributed by atoms with E-state index in [9.17, 15) is 0 Å². The first kappa shape index (κ1) is 13.7. The smallest absolute Gasteiger partial charge is 0.124 e. The number of hydrogen-bond donors (Lipinski definition) is 0. The average Bonchev–Trinajstić information content (AvgIpc) is 2.39. The van der Waals surface area contributed by atoms with Crippen molar-refractivity contribution in [1.82, 2.24) is 0 Å². The Morgan fingerprint density at radius 1 is 1.15 bits per heavy atom. The lowest BCUT2D eigenvalue weighted by Gasteiger charge is -2.34. The van der Waals surface area contributed by atoms with Crippen LogP contribution < -0.4 is 4.74 Å². The molecule has 0 saturated carbocycles. The third-order valence-corrected chi connectivity index (χ3v) is 5.42. The van der Waals surface area contributed by atoms with Gasteiger partial charge in [0.15, 0.2) is 0 Å². The van der Waals surface area contributed by atoms with E-state index < -0.39 is 0 Å². The molecule has 0 fully saturated rings. The van der Waals surface area contributed by atoms with Crippen molar-refractivity contribution in [2.75, 3.05) is 7.11 Å². The van der Waals surface area contributed by atoms with Crippen molar-refractivity contribution in [1.29, 1.82) is 0 Å². The van der Waals surface area contributed by atoms with Crippen LogP contribution in [0.5, 0.6) is 5.75 Å². The van der Waals surface area contributed by atoms with E-state index in [1.165, 1.54) is 27.8 Å². The number of ether oxygens (including phenoxy) is 1. The minimum absolute atomic E-state index is 0.376. The molecule has 1 nitrogen and oxygen atoms in total. The fraction of sp³-hybridized carbons (Fsp3) is 0.333. The number of rotatable bonds is 3. The maximum atomic E-state index is 5.45. The van der Waals surface area contributed by atoms with E-state index in [4.69, 9.17) is 4.74 Å². The molecule has 0 bridgehead atoms. The van der Waals surface area contributed by atoms with Crippen molar-refractivity contribution in [2.24, 2.45) is 0 Å². The van der Waals surface area contributed by atoms with Gasteiger partial charge in [0, 0.05) is 10.7 Å². The van der Waals surface area contributed by atoms with E-state index in [1.807, 2.05) is 0 Å². The third-order valence-electron chi connectivity index (χ3n) is 4.25. The fourth-order valence-electron chi connectivity index (χ4n) is 3.26.